The van der Waals surface area contributed by atoms with E-state index in [-0.39, 0.29) is 6.42 Å². The highest BCUT2D eigenvalue weighted by Gasteiger charge is 2.45. The molecule has 0 radical (unpaired) electrons. The predicted molar refractivity (Wildman–Crippen MR) is 45.3 cm³/mol. The summed E-state index contributed by atoms with van der Waals surface area (Å²) in [5.74, 6) is -6.29. The molecule has 13 heavy (non-hydrogen) atoms. The Kier molecular flexibility index (Phi) is 4.80. The van der Waals surface area contributed by atoms with E-state index in [2.05, 4.69) is 0 Å². The molecule has 5 heteroatoms. The molecule has 0 amide bonds. The third-order valence-corrected chi connectivity index (χ3v) is 1.92. The van der Waals surface area contributed by atoms with Gasteiger partial charge in [-0.1, -0.05) is 26.2 Å². The van der Waals surface area contributed by atoms with Gasteiger partial charge in [0.1, 0.15) is 0 Å². The highest BCUT2D eigenvalue weighted by molar-refractivity contribution is 4.71. The van der Waals surface area contributed by atoms with Crippen LogP contribution in [-0.4, -0.2) is 37.3 Å². The summed E-state index contributed by atoms with van der Waals surface area (Å²) >= 11 is 0. The van der Waals surface area contributed by atoms with Crippen LogP contribution in [-0.2, 0) is 0 Å². The molecular weight excluding hydrogens is 176 g/mol. The normalized spacial score (nSPS) is 13.4. The first-order chi connectivity index (χ1) is 5.81. The highest BCUT2D eigenvalue weighted by atomic mass is 16.7. The average Bonchev–Trinajstić information content (AvgIpc) is 1.96. The number of rotatable bonds is 6. The summed E-state index contributed by atoms with van der Waals surface area (Å²) in [7, 11) is 0. The molecule has 0 atom stereocenters. The first-order valence-electron chi connectivity index (χ1n) is 4.43. The second kappa shape index (κ2) is 4.88. The standard InChI is InChI=1S/C8H18O5/c1-2-3-4-5-6-7(9,10)8(11,12)13/h9-13H,2-6H2,1H3. The van der Waals surface area contributed by atoms with Crippen molar-refractivity contribution in [3.63, 3.8) is 0 Å². The fraction of sp³-hybridized carbons (Fsp3) is 1.00. The summed E-state index contributed by atoms with van der Waals surface area (Å²) in [5, 5.41) is 43.5. The molecule has 0 aromatic rings. The molecule has 0 aliphatic carbocycles. The average molecular weight is 194 g/mol. The summed E-state index contributed by atoms with van der Waals surface area (Å²) < 4.78 is 0. The van der Waals surface area contributed by atoms with E-state index in [1.165, 1.54) is 0 Å². The van der Waals surface area contributed by atoms with E-state index >= 15 is 0 Å². The Hall–Kier alpha value is -0.200. The van der Waals surface area contributed by atoms with E-state index in [0.717, 1.165) is 19.3 Å². The van der Waals surface area contributed by atoms with Gasteiger partial charge < -0.3 is 25.5 Å². The third-order valence-electron chi connectivity index (χ3n) is 1.92. The molecule has 0 spiro atoms. The molecular formula is C8H18O5. The van der Waals surface area contributed by atoms with E-state index < -0.39 is 11.8 Å². The molecule has 0 fully saturated rings. The van der Waals surface area contributed by atoms with Gasteiger partial charge in [-0.25, -0.2) is 0 Å². The molecule has 0 bridgehead atoms. The van der Waals surface area contributed by atoms with Gasteiger partial charge in [0, 0.05) is 6.42 Å². The van der Waals surface area contributed by atoms with Gasteiger partial charge in [-0.2, -0.15) is 0 Å². The Morgan fingerprint density at radius 3 is 1.77 bits per heavy atom. The van der Waals surface area contributed by atoms with Crippen molar-refractivity contribution in [3.05, 3.63) is 0 Å². The summed E-state index contributed by atoms with van der Waals surface area (Å²) in [6, 6.07) is 0. The van der Waals surface area contributed by atoms with Crippen LogP contribution in [0.4, 0.5) is 0 Å². The molecule has 0 aliphatic heterocycles. The summed E-state index contributed by atoms with van der Waals surface area (Å²) in [5.41, 5.74) is 0. The van der Waals surface area contributed by atoms with Crippen molar-refractivity contribution in [1.82, 2.24) is 0 Å². The van der Waals surface area contributed by atoms with Crippen molar-refractivity contribution >= 4 is 0 Å². The molecule has 5 N–H and O–H groups in total. The van der Waals surface area contributed by atoms with E-state index in [1.807, 2.05) is 6.92 Å². The van der Waals surface area contributed by atoms with Gasteiger partial charge in [0.25, 0.3) is 0 Å². The predicted octanol–water partition coefficient (Wildman–Crippen LogP) is -0.732. The Labute approximate surface area is 77.3 Å². The Balaban J connectivity index is 3.77. The quantitative estimate of drug-likeness (QED) is 0.283. The highest BCUT2D eigenvalue weighted by Crippen LogP contribution is 2.21. The molecule has 0 rings (SSSR count). The largest absolute Gasteiger partial charge is 0.359 e. The van der Waals surface area contributed by atoms with E-state index in [0.29, 0.717) is 6.42 Å². The molecule has 0 heterocycles. The zero-order valence-electron chi connectivity index (χ0n) is 7.77. The van der Waals surface area contributed by atoms with Crippen molar-refractivity contribution in [2.24, 2.45) is 0 Å². The van der Waals surface area contributed by atoms with Crippen LogP contribution < -0.4 is 0 Å². The molecule has 5 nitrogen and oxygen atoms in total. The van der Waals surface area contributed by atoms with Crippen LogP contribution in [0, 0.1) is 0 Å². The van der Waals surface area contributed by atoms with Gasteiger partial charge in [-0.05, 0) is 6.42 Å². The lowest BCUT2D eigenvalue weighted by atomic mass is 10.0. The Morgan fingerprint density at radius 1 is 0.846 bits per heavy atom. The Morgan fingerprint density at radius 2 is 1.38 bits per heavy atom. The number of hydrogen-bond acceptors (Lipinski definition) is 5. The maximum atomic E-state index is 8.96. The van der Waals surface area contributed by atoms with Crippen molar-refractivity contribution in [3.8, 4) is 0 Å². The van der Waals surface area contributed by atoms with Crippen molar-refractivity contribution < 1.29 is 25.5 Å². The fourth-order valence-corrected chi connectivity index (χ4v) is 0.966. The van der Waals surface area contributed by atoms with E-state index in [4.69, 9.17) is 25.5 Å². The van der Waals surface area contributed by atoms with Crippen LogP contribution in [0.5, 0.6) is 0 Å². The van der Waals surface area contributed by atoms with E-state index in [1.54, 1.807) is 0 Å². The van der Waals surface area contributed by atoms with Gasteiger partial charge in [0.05, 0.1) is 0 Å². The minimum absolute atomic E-state index is 0.267. The van der Waals surface area contributed by atoms with Gasteiger partial charge in [-0.3, -0.25) is 0 Å². The van der Waals surface area contributed by atoms with Crippen LogP contribution in [0.1, 0.15) is 39.0 Å². The Bertz CT molecular complexity index is 138. The maximum Gasteiger partial charge on any atom is 0.332 e. The van der Waals surface area contributed by atoms with Crippen LogP contribution in [0.15, 0.2) is 0 Å². The second-order valence-electron chi connectivity index (χ2n) is 3.26. The topological polar surface area (TPSA) is 101 Å². The van der Waals surface area contributed by atoms with Gasteiger partial charge in [0.15, 0.2) is 0 Å². The second-order valence-corrected chi connectivity index (χ2v) is 3.26. The molecule has 0 aromatic carbocycles. The molecule has 0 aromatic heterocycles. The first-order valence-corrected chi connectivity index (χ1v) is 4.43. The van der Waals surface area contributed by atoms with Crippen molar-refractivity contribution in [1.29, 1.82) is 0 Å². The van der Waals surface area contributed by atoms with Gasteiger partial charge in [-0.15, -0.1) is 0 Å². The summed E-state index contributed by atoms with van der Waals surface area (Å²) in [4.78, 5) is 0. The summed E-state index contributed by atoms with van der Waals surface area (Å²) in [6.07, 6.45) is 2.84. The molecule has 80 valence electrons. The lowest BCUT2D eigenvalue weighted by Gasteiger charge is -2.29. The lowest BCUT2D eigenvalue weighted by molar-refractivity contribution is -0.447. The third kappa shape index (κ3) is 4.54. The fourth-order valence-electron chi connectivity index (χ4n) is 0.966. The van der Waals surface area contributed by atoms with Crippen LogP contribution in [0.3, 0.4) is 0 Å². The van der Waals surface area contributed by atoms with Crippen LogP contribution >= 0.6 is 0 Å². The van der Waals surface area contributed by atoms with Crippen LogP contribution in [0.25, 0.3) is 0 Å². The molecule has 0 unspecified atom stereocenters. The number of unbranched alkanes of at least 4 members (excludes halogenated alkanes) is 3. The van der Waals surface area contributed by atoms with Crippen molar-refractivity contribution in [2.75, 3.05) is 0 Å². The summed E-state index contributed by atoms with van der Waals surface area (Å²) in [6.45, 7) is 2.00. The zero-order chi connectivity index (χ0) is 10.5. The SMILES string of the molecule is CCCCCCC(O)(O)C(O)(O)O. The van der Waals surface area contributed by atoms with Crippen LogP contribution in [0.2, 0.25) is 0 Å². The van der Waals surface area contributed by atoms with Gasteiger partial charge >= 0.3 is 5.97 Å². The maximum absolute atomic E-state index is 8.96. The lowest BCUT2D eigenvalue weighted by Crippen LogP contribution is -2.54. The smallest absolute Gasteiger partial charge is 0.332 e. The van der Waals surface area contributed by atoms with Gasteiger partial charge in [0.2, 0.25) is 5.79 Å². The number of aliphatic hydroxyl groups is 5. The zero-order valence-corrected chi connectivity index (χ0v) is 7.77. The minimum Gasteiger partial charge on any atom is -0.359 e. The molecule has 0 aliphatic rings. The monoisotopic (exact) mass is 194 g/mol. The molecule has 0 saturated heterocycles. The number of hydrogen-bond donors (Lipinski definition) is 5. The molecule has 0 saturated carbocycles. The minimum atomic E-state index is -3.45. The van der Waals surface area contributed by atoms with E-state index in [9.17, 15) is 0 Å². The van der Waals surface area contributed by atoms with Crippen molar-refractivity contribution in [2.45, 2.75) is 50.8 Å². The first kappa shape index (κ1) is 12.8.